The van der Waals surface area contributed by atoms with Gasteiger partial charge in [0.05, 0.1) is 36.1 Å². The maximum atomic E-state index is 12.5. The molecule has 2 rings (SSSR count). The largest absolute Gasteiger partial charge is 0.478 e. The molecule has 1 amide bonds. The smallest absolute Gasteiger partial charge is 0.338 e. The molecule has 2 aromatic rings. The number of carbonyl (C=O) groups excluding carboxylic acids is 1. The first kappa shape index (κ1) is 20.0. The predicted octanol–water partition coefficient (Wildman–Crippen LogP) is 4.83. The number of nitrogens with one attached hydrogen (secondary N) is 1. The fourth-order valence-electron chi connectivity index (χ4n) is 1.89. The molecule has 0 fully saturated rings. The normalized spacial score (nSPS) is 11.9. The van der Waals surface area contributed by atoms with Crippen molar-refractivity contribution in [2.24, 2.45) is 0 Å². The van der Waals surface area contributed by atoms with E-state index in [1.807, 2.05) is 0 Å². The molecule has 0 bridgehead atoms. The van der Waals surface area contributed by atoms with Crippen LogP contribution in [0, 0.1) is 0 Å². The van der Waals surface area contributed by atoms with Crippen molar-refractivity contribution >= 4 is 75.0 Å². The van der Waals surface area contributed by atoms with E-state index in [0.717, 1.165) is 0 Å². The number of aromatic carboxylic acids is 1. The van der Waals surface area contributed by atoms with Gasteiger partial charge in [0.15, 0.2) is 11.1 Å². The minimum absolute atomic E-state index is 0.125. The molecule has 2 aromatic carbocycles. The van der Waals surface area contributed by atoms with Crippen LogP contribution < -0.4 is 5.32 Å². The summed E-state index contributed by atoms with van der Waals surface area (Å²) in [6.45, 7) is 0. The van der Waals surface area contributed by atoms with Crippen molar-refractivity contribution in [1.82, 2.24) is 0 Å². The average molecular weight is 443 g/mol. The van der Waals surface area contributed by atoms with Crippen LogP contribution in [0.2, 0.25) is 20.1 Å². The molecule has 0 radical (unpaired) electrons. The Morgan fingerprint density at radius 1 is 0.880 bits per heavy atom. The van der Waals surface area contributed by atoms with Gasteiger partial charge in [0, 0.05) is 5.69 Å². The van der Waals surface area contributed by atoms with Crippen LogP contribution in [0.25, 0.3) is 0 Å². The minimum atomic E-state index is -2.17. The van der Waals surface area contributed by atoms with Gasteiger partial charge in [-0.25, -0.2) is 9.00 Å². The first-order valence-electron chi connectivity index (χ1n) is 6.26. The molecule has 1 unspecified atom stereocenters. The molecule has 0 saturated heterocycles. The predicted molar refractivity (Wildman–Crippen MR) is 96.9 cm³/mol. The molecule has 25 heavy (non-hydrogen) atoms. The SMILES string of the molecule is O=C(O)c1c(Cl)c(Cl)c(Cl)c(Cl)c1C(=O)Nc1ccc(S(=O)O)cc1. The van der Waals surface area contributed by atoms with Crippen molar-refractivity contribution in [3.05, 3.63) is 55.5 Å². The zero-order chi connectivity index (χ0) is 18.9. The number of amides is 1. The van der Waals surface area contributed by atoms with E-state index in [0.29, 0.717) is 0 Å². The van der Waals surface area contributed by atoms with Gasteiger partial charge in [-0.3, -0.25) is 4.79 Å². The van der Waals surface area contributed by atoms with E-state index in [1.54, 1.807) is 0 Å². The van der Waals surface area contributed by atoms with Crippen molar-refractivity contribution in [3.8, 4) is 0 Å². The molecule has 0 aromatic heterocycles. The van der Waals surface area contributed by atoms with E-state index in [9.17, 15) is 18.9 Å². The molecular weight excluding hydrogens is 436 g/mol. The standard InChI is InChI=1S/C14H7Cl4NO5S/c15-9-7(8(14(21)22)10(16)12(18)11(9)17)13(20)19-5-1-3-6(4-2-5)25(23)24/h1-4H,(H,19,20)(H,21,22)(H,23,24). The second-order valence-corrected chi connectivity index (χ2v) is 7.02. The number of hydrogen-bond donors (Lipinski definition) is 3. The highest BCUT2D eigenvalue weighted by Crippen LogP contribution is 2.41. The van der Waals surface area contributed by atoms with Crippen molar-refractivity contribution < 1.29 is 23.5 Å². The minimum Gasteiger partial charge on any atom is -0.478 e. The number of benzene rings is 2. The Labute approximate surface area is 163 Å². The van der Waals surface area contributed by atoms with Crippen LogP contribution in [0.15, 0.2) is 29.2 Å². The Morgan fingerprint density at radius 2 is 1.36 bits per heavy atom. The fraction of sp³-hybridized carbons (Fsp3) is 0. The van der Waals surface area contributed by atoms with Crippen LogP contribution in [0.4, 0.5) is 5.69 Å². The molecule has 1 atom stereocenters. The van der Waals surface area contributed by atoms with E-state index >= 15 is 0 Å². The molecule has 3 N–H and O–H groups in total. The van der Waals surface area contributed by atoms with Crippen LogP contribution in [-0.2, 0) is 11.1 Å². The van der Waals surface area contributed by atoms with Crippen LogP contribution in [0.1, 0.15) is 20.7 Å². The summed E-state index contributed by atoms with van der Waals surface area (Å²) in [5.74, 6) is -2.40. The topological polar surface area (TPSA) is 104 Å². The van der Waals surface area contributed by atoms with E-state index in [4.69, 9.17) is 51.0 Å². The van der Waals surface area contributed by atoms with Gasteiger partial charge in [-0.1, -0.05) is 46.4 Å². The molecule has 0 saturated carbocycles. The monoisotopic (exact) mass is 441 g/mol. The lowest BCUT2D eigenvalue weighted by molar-refractivity contribution is 0.0692. The molecule has 0 spiro atoms. The number of rotatable bonds is 4. The molecular formula is C14H7Cl4NO5S. The number of hydrogen-bond acceptors (Lipinski definition) is 3. The second-order valence-electron chi connectivity index (χ2n) is 4.54. The number of carboxylic acids is 1. The van der Waals surface area contributed by atoms with E-state index in [-0.39, 0.29) is 25.7 Å². The lowest BCUT2D eigenvalue weighted by atomic mass is 10.1. The summed E-state index contributed by atoms with van der Waals surface area (Å²) >= 11 is 21.4. The first-order chi connectivity index (χ1) is 11.6. The Balaban J connectivity index is 2.48. The number of anilines is 1. The highest BCUT2D eigenvalue weighted by atomic mass is 35.5. The molecule has 0 aliphatic carbocycles. The summed E-state index contributed by atoms with van der Waals surface area (Å²) in [4.78, 5) is 24.0. The second kappa shape index (κ2) is 7.90. The molecule has 6 nitrogen and oxygen atoms in total. The van der Waals surface area contributed by atoms with Gasteiger partial charge in [0.1, 0.15) is 0 Å². The zero-order valence-corrected chi connectivity index (χ0v) is 15.7. The molecule has 132 valence electrons. The first-order valence-corrected chi connectivity index (χ1v) is 8.88. The van der Waals surface area contributed by atoms with E-state index in [1.165, 1.54) is 24.3 Å². The molecule has 0 heterocycles. The summed E-state index contributed by atoms with van der Waals surface area (Å²) < 4.78 is 19.9. The molecule has 0 aliphatic rings. The van der Waals surface area contributed by atoms with E-state index in [2.05, 4.69) is 5.32 Å². The summed E-state index contributed by atoms with van der Waals surface area (Å²) in [6, 6.07) is 5.34. The highest BCUT2D eigenvalue weighted by Gasteiger charge is 2.28. The van der Waals surface area contributed by atoms with Crippen molar-refractivity contribution in [2.45, 2.75) is 4.90 Å². The van der Waals surface area contributed by atoms with Gasteiger partial charge in [-0.2, -0.15) is 0 Å². The van der Waals surface area contributed by atoms with Gasteiger partial charge in [0.25, 0.3) is 5.91 Å². The maximum absolute atomic E-state index is 12.5. The van der Waals surface area contributed by atoms with Gasteiger partial charge in [0.2, 0.25) is 0 Å². The third-order valence-electron chi connectivity index (χ3n) is 3.02. The van der Waals surface area contributed by atoms with Crippen LogP contribution in [-0.4, -0.2) is 25.7 Å². The van der Waals surface area contributed by atoms with Crippen LogP contribution in [0.5, 0.6) is 0 Å². The van der Waals surface area contributed by atoms with Crippen molar-refractivity contribution in [3.63, 3.8) is 0 Å². The van der Waals surface area contributed by atoms with Crippen LogP contribution in [0.3, 0.4) is 0 Å². The lowest BCUT2D eigenvalue weighted by Gasteiger charge is -2.14. The maximum Gasteiger partial charge on any atom is 0.338 e. The molecule has 0 aliphatic heterocycles. The summed E-state index contributed by atoms with van der Waals surface area (Å²) in [6.07, 6.45) is 0. The van der Waals surface area contributed by atoms with Crippen molar-refractivity contribution in [1.29, 1.82) is 0 Å². The lowest BCUT2D eigenvalue weighted by Crippen LogP contribution is -2.18. The highest BCUT2D eigenvalue weighted by molar-refractivity contribution is 7.79. The van der Waals surface area contributed by atoms with Gasteiger partial charge < -0.3 is 15.0 Å². The Bertz CT molecular complexity index is 901. The summed E-state index contributed by atoms with van der Waals surface area (Å²) in [5, 5.41) is 10.4. The summed E-state index contributed by atoms with van der Waals surface area (Å²) in [7, 11) is 0. The van der Waals surface area contributed by atoms with Gasteiger partial charge in [-0.05, 0) is 24.3 Å². The van der Waals surface area contributed by atoms with Gasteiger partial charge in [-0.15, -0.1) is 0 Å². The third-order valence-corrected chi connectivity index (χ3v) is 5.50. The zero-order valence-electron chi connectivity index (χ0n) is 11.8. The fourth-order valence-corrected chi connectivity index (χ4v) is 3.28. The van der Waals surface area contributed by atoms with Crippen molar-refractivity contribution in [2.75, 3.05) is 5.32 Å². The number of carbonyl (C=O) groups is 2. The Hall–Kier alpha value is -1.35. The Morgan fingerprint density at radius 3 is 1.80 bits per heavy atom. The van der Waals surface area contributed by atoms with Gasteiger partial charge >= 0.3 is 5.97 Å². The number of halogens is 4. The van der Waals surface area contributed by atoms with Crippen LogP contribution >= 0.6 is 46.4 Å². The van der Waals surface area contributed by atoms with E-state index < -0.39 is 39.1 Å². The number of carboxylic acid groups (broad SMARTS) is 1. The Kier molecular flexibility index (Phi) is 6.31. The molecule has 11 heteroatoms. The quantitative estimate of drug-likeness (QED) is 0.357. The average Bonchev–Trinajstić information content (AvgIpc) is 2.55. The summed E-state index contributed by atoms with van der Waals surface area (Å²) in [5.41, 5.74) is -0.816. The third kappa shape index (κ3) is 4.08.